The lowest BCUT2D eigenvalue weighted by atomic mass is 9.73. The monoisotopic (exact) mass is 192 g/mol. The van der Waals surface area contributed by atoms with Gasteiger partial charge in [-0.3, -0.25) is 4.79 Å². The van der Waals surface area contributed by atoms with E-state index in [9.17, 15) is 4.79 Å². The Morgan fingerprint density at radius 3 is 2.93 bits per heavy atom. The molecule has 0 unspecified atom stereocenters. The third-order valence-corrected chi connectivity index (χ3v) is 3.61. The lowest BCUT2D eigenvalue weighted by Crippen LogP contribution is -2.35. The summed E-state index contributed by atoms with van der Waals surface area (Å²) >= 11 is 0. The summed E-state index contributed by atoms with van der Waals surface area (Å²) in [5.74, 6) is 0.895. The van der Waals surface area contributed by atoms with E-state index >= 15 is 0 Å². The molecule has 14 heavy (non-hydrogen) atoms. The minimum atomic E-state index is -0.296. The predicted octanol–water partition coefficient (Wildman–Crippen LogP) is 2.32. The van der Waals surface area contributed by atoms with Gasteiger partial charge in [-0.05, 0) is 31.1 Å². The first-order valence-electron chi connectivity index (χ1n) is 5.10. The van der Waals surface area contributed by atoms with Crippen LogP contribution in [0.1, 0.15) is 19.3 Å². The summed E-state index contributed by atoms with van der Waals surface area (Å²) in [6.45, 7) is 3.74. The lowest BCUT2D eigenvalue weighted by Gasteiger charge is -2.31. The zero-order valence-corrected chi connectivity index (χ0v) is 8.53. The second-order valence-electron chi connectivity index (χ2n) is 4.33. The highest BCUT2D eigenvalue weighted by atomic mass is 16.5. The molecule has 1 saturated carbocycles. The average Bonchev–Trinajstić information content (AvgIpc) is 2.77. The number of hydrogen-bond acceptors (Lipinski definition) is 2. The summed E-state index contributed by atoms with van der Waals surface area (Å²) in [5.41, 5.74) is -0.296. The van der Waals surface area contributed by atoms with E-state index in [1.165, 1.54) is 7.11 Å². The van der Waals surface area contributed by atoms with Gasteiger partial charge >= 0.3 is 5.97 Å². The van der Waals surface area contributed by atoms with Crippen molar-refractivity contribution in [1.82, 2.24) is 0 Å². The Bertz CT molecular complexity index is 293. The van der Waals surface area contributed by atoms with E-state index in [2.05, 4.69) is 18.7 Å². The summed E-state index contributed by atoms with van der Waals surface area (Å²) in [6.07, 6.45) is 9.04. The average molecular weight is 192 g/mol. The Labute approximate surface area is 84.6 Å². The largest absolute Gasteiger partial charge is 0.469 e. The van der Waals surface area contributed by atoms with E-state index in [1.807, 2.05) is 6.08 Å². The van der Waals surface area contributed by atoms with Crippen molar-refractivity contribution in [3.8, 4) is 0 Å². The van der Waals surface area contributed by atoms with Crippen LogP contribution in [0.2, 0.25) is 0 Å². The highest BCUT2D eigenvalue weighted by molar-refractivity contribution is 5.78. The van der Waals surface area contributed by atoms with Gasteiger partial charge in [0, 0.05) is 0 Å². The zero-order chi connectivity index (χ0) is 10.2. The molecular weight excluding hydrogens is 176 g/mol. The van der Waals surface area contributed by atoms with Crippen LogP contribution in [0.4, 0.5) is 0 Å². The van der Waals surface area contributed by atoms with E-state index in [4.69, 9.17) is 4.74 Å². The summed E-state index contributed by atoms with van der Waals surface area (Å²) in [7, 11) is 1.48. The molecule has 2 bridgehead atoms. The molecule has 0 heterocycles. The van der Waals surface area contributed by atoms with Crippen LogP contribution >= 0.6 is 0 Å². The fourth-order valence-corrected chi connectivity index (χ4v) is 2.97. The maximum Gasteiger partial charge on any atom is 0.312 e. The van der Waals surface area contributed by atoms with Crippen molar-refractivity contribution in [2.24, 2.45) is 17.3 Å². The summed E-state index contributed by atoms with van der Waals surface area (Å²) in [6, 6.07) is 0. The van der Waals surface area contributed by atoms with Crippen molar-refractivity contribution in [3.05, 3.63) is 24.8 Å². The predicted molar refractivity (Wildman–Crippen MR) is 54.6 cm³/mol. The Balaban J connectivity index is 2.28. The number of ether oxygens (including phenoxy) is 1. The van der Waals surface area contributed by atoms with Crippen LogP contribution in [-0.4, -0.2) is 13.1 Å². The van der Waals surface area contributed by atoms with Gasteiger partial charge in [-0.25, -0.2) is 0 Å². The maximum atomic E-state index is 11.8. The SMILES string of the molecule is C=CC[C@]1(C(=O)OC)C[C@H]2C=C[C@@H]1C2. The number of fused-ring (bicyclic) bond motifs is 2. The van der Waals surface area contributed by atoms with Crippen molar-refractivity contribution in [2.75, 3.05) is 7.11 Å². The minimum Gasteiger partial charge on any atom is -0.469 e. The van der Waals surface area contributed by atoms with E-state index in [0.29, 0.717) is 11.8 Å². The first-order valence-corrected chi connectivity index (χ1v) is 5.10. The number of hydrogen-bond donors (Lipinski definition) is 0. The fourth-order valence-electron chi connectivity index (χ4n) is 2.97. The number of rotatable bonds is 3. The Hall–Kier alpha value is -1.05. The summed E-state index contributed by atoms with van der Waals surface area (Å²) < 4.78 is 4.92. The van der Waals surface area contributed by atoms with Crippen LogP contribution in [0.25, 0.3) is 0 Å². The Morgan fingerprint density at radius 1 is 1.71 bits per heavy atom. The van der Waals surface area contributed by atoms with Crippen LogP contribution in [0.5, 0.6) is 0 Å². The highest BCUT2D eigenvalue weighted by Crippen LogP contribution is 2.54. The van der Waals surface area contributed by atoms with Gasteiger partial charge in [0.25, 0.3) is 0 Å². The van der Waals surface area contributed by atoms with Gasteiger partial charge in [0.05, 0.1) is 12.5 Å². The number of carbonyl (C=O) groups excluding carboxylic acids is 1. The van der Waals surface area contributed by atoms with Crippen molar-refractivity contribution in [3.63, 3.8) is 0 Å². The second-order valence-corrected chi connectivity index (χ2v) is 4.33. The van der Waals surface area contributed by atoms with Gasteiger partial charge < -0.3 is 4.74 Å². The molecule has 2 rings (SSSR count). The van der Waals surface area contributed by atoms with Gasteiger partial charge in [0.2, 0.25) is 0 Å². The van der Waals surface area contributed by atoms with E-state index < -0.39 is 0 Å². The summed E-state index contributed by atoms with van der Waals surface area (Å²) in [4.78, 5) is 11.8. The number of methoxy groups -OCH3 is 1. The molecule has 0 aromatic carbocycles. The Morgan fingerprint density at radius 2 is 2.50 bits per heavy atom. The molecule has 0 saturated heterocycles. The molecule has 0 spiro atoms. The van der Waals surface area contributed by atoms with Crippen molar-refractivity contribution >= 4 is 5.97 Å². The molecule has 76 valence electrons. The van der Waals surface area contributed by atoms with Crippen LogP contribution in [-0.2, 0) is 9.53 Å². The molecule has 0 aliphatic heterocycles. The third kappa shape index (κ3) is 1.13. The first-order chi connectivity index (χ1) is 6.73. The molecular formula is C12H16O2. The maximum absolute atomic E-state index is 11.8. The van der Waals surface area contributed by atoms with Crippen molar-refractivity contribution in [1.29, 1.82) is 0 Å². The number of allylic oxidation sites excluding steroid dienone is 3. The zero-order valence-electron chi connectivity index (χ0n) is 8.53. The third-order valence-electron chi connectivity index (χ3n) is 3.61. The minimum absolute atomic E-state index is 0.0609. The topological polar surface area (TPSA) is 26.3 Å². The van der Waals surface area contributed by atoms with Crippen LogP contribution in [0, 0.1) is 17.3 Å². The highest BCUT2D eigenvalue weighted by Gasteiger charge is 2.53. The normalized spacial score (nSPS) is 38.6. The molecule has 0 amide bonds. The van der Waals surface area contributed by atoms with Gasteiger partial charge in [-0.15, -0.1) is 6.58 Å². The summed E-state index contributed by atoms with van der Waals surface area (Å²) in [5, 5.41) is 0. The van der Waals surface area contributed by atoms with E-state index in [-0.39, 0.29) is 11.4 Å². The van der Waals surface area contributed by atoms with Gasteiger partial charge in [-0.2, -0.15) is 0 Å². The molecule has 2 nitrogen and oxygen atoms in total. The lowest BCUT2D eigenvalue weighted by molar-refractivity contribution is -0.154. The molecule has 0 aromatic rings. The van der Waals surface area contributed by atoms with Crippen molar-refractivity contribution < 1.29 is 9.53 Å². The van der Waals surface area contributed by atoms with Gasteiger partial charge in [0.1, 0.15) is 0 Å². The molecule has 0 aromatic heterocycles. The molecule has 2 heteroatoms. The fraction of sp³-hybridized carbons (Fsp3) is 0.583. The smallest absolute Gasteiger partial charge is 0.312 e. The first kappa shape index (κ1) is 9.50. The van der Waals surface area contributed by atoms with Crippen molar-refractivity contribution in [2.45, 2.75) is 19.3 Å². The molecule has 3 atom stereocenters. The standard InChI is InChI=1S/C12H16O2/c1-3-6-12(11(13)14-2)8-9-4-5-10(12)7-9/h3-5,9-10H,1,6-8H2,2H3/t9-,10+,12-/m0/s1. The molecule has 2 aliphatic rings. The van der Waals surface area contributed by atoms with Crippen LogP contribution in [0.15, 0.2) is 24.8 Å². The van der Waals surface area contributed by atoms with Crippen LogP contribution in [0.3, 0.4) is 0 Å². The molecule has 2 aliphatic carbocycles. The molecule has 0 radical (unpaired) electrons. The Kier molecular flexibility index (Phi) is 2.22. The number of esters is 1. The van der Waals surface area contributed by atoms with Gasteiger partial charge in [-0.1, -0.05) is 18.2 Å². The second kappa shape index (κ2) is 3.26. The molecule has 0 N–H and O–H groups in total. The molecule has 1 fully saturated rings. The van der Waals surface area contributed by atoms with Gasteiger partial charge in [0.15, 0.2) is 0 Å². The van der Waals surface area contributed by atoms with Crippen LogP contribution < -0.4 is 0 Å². The van der Waals surface area contributed by atoms with E-state index in [1.54, 1.807) is 0 Å². The quantitative estimate of drug-likeness (QED) is 0.506. The van der Waals surface area contributed by atoms with E-state index in [0.717, 1.165) is 19.3 Å². The number of carbonyl (C=O) groups is 1.